The lowest BCUT2D eigenvalue weighted by atomic mass is 10.00. The van der Waals surface area contributed by atoms with Gasteiger partial charge in [0.2, 0.25) is 11.8 Å². The molecule has 10 heteroatoms. The van der Waals surface area contributed by atoms with Crippen LogP contribution in [0.25, 0.3) is 0 Å². The van der Waals surface area contributed by atoms with Crippen molar-refractivity contribution in [3.8, 4) is 18.1 Å². The Kier molecular flexibility index (Phi) is 13.6. The van der Waals surface area contributed by atoms with E-state index in [2.05, 4.69) is 23.5 Å². The SMILES string of the molecule is C#Cc1ccc(C(C(=O)Nc2ccc(OC)cc2)N(CCCCCCC)C(=O)C(CC(N)=O)NC(=O)OC(C)(C)C)cc1. The molecule has 10 nitrogen and oxygen atoms in total. The molecule has 2 atom stereocenters. The summed E-state index contributed by atoms with van der Waals surface area (Å²) in [5, 5.41) is 5.38. The average Bonchev–Trinajstić information content (AvgIpc) is 2.95. The fourth-order valence-corrected chi connectivity index (χ4v) is 4.42. The van der Waals surface area contributed by atoms with Crippen molar-refractivity contribution < 1.29 is 28.7 Å². The number of nitrogens with zero attached hydrogens (tertiary/aromatic N) is 1. The van der Waals surface area contributed by atoms with E-state index in [1.165, 1.54) is 4.90 Å². The van der Waals surface area contributed by atoms with Crippen LogP contribution in [0.4, 0.5) is 10.5 Å². The van der Waals surface area contributed by atoms with Gasteiger partial charge in [0.15, 0.2) is 0 Å². The maximum absolute atomic E-state index is 14.2. The molecular formula is C33H44N4O6. The van der Waals surface area contributed by atoms with Crippen molar-refractivity contribution in [1.29, 1.82) is 0 Å². The first kappa shape index (κ1) is 34.7. The molecule has 0 aliphatic rings. The molecule has 0 saturated heterocycles. The summed E-state index contributed by atoms with van der Waals surface area (Å²) in [4.78, 5) is 54.3. The number of rotatable bonds is 15. The molecule has 2 unspecified atom stereocenters. The lowest BCUT2D eigenvalue weighted by Gasteiger charge is -2.34. The Bertz CT molecular complexity index is 1260. The molecule has 2 rings (SSSR count). The van der Waals surface area contributed by atoms with E-state index >= 15 is 0 Å². The highest BCUT2D eigenvalue weighted by Gasteiger charge is 2.37. The van der Waals surface area contributed by atoms with Crippen LogP contribution in [0.2, 0.25) is 0 Å². The van der Waals surface area contributed by atoms with Crippen LogP contribution >= 0.6 is 0 Å². The third kappa shape index (κ3) is 11.7. The molecule has 232 valence electrons. The van der Waals surface area contributed by atoms with Gasteiger partial charge in [0.05, 0.1) is 13.5 Å². The Balaban J connectivity index is 2.55. The number of hydrogen-bond acceptors (Lipinski definition) is 6. The minimum absolute atomic E-state index is 0.186. The summed E-state index contributed by atoms with van der Waals surface area (Å²) in [6, 6.07) is 11.1. The topological polar surface area (TPSA) is 140 Å². The molecule has 0 radical (unpaired) electrons. The van der Waals surface area contributed by atoms with Crippen LogP contribution < -0.4 is 21.1 Å². The molecule has 0 aliphatic heterocycles. The van der Waals surface area contributed by atoms with Crippen LogP contribution in [0.15, 0.2) is 48.5 Å². The van der Waals surface area contributed by atoms with Crippen molar-refractivity contribution in [2.75, 3.05) is 19.0 Å². The number of alkyl carbamates (subject to hydrolysis) is 1. The van der Waals surface area contributed by atoms with Gasteiger partial charge in [-0.2, -0.15) is 0 Å². The van der Waals surface area contributed by atoms with E-state index in [0.717, 1.165) is 25.7 Å². The van der Waals surface area contributed by atoms with Crippen molar-refractivity contribution in [2.24, 2.45) is 5.73 Å². The summed E-state index contributed by atoms with van der Waals surface area (Å²) in [5.74, 6) is 1.24. The third-order valence-corrected chi connectivity index (χ3v) is 6.49. The van der Waals surface area contributed by atoms with Gasteiger partial charge in [-0.3, -0.25) is 14.4 Å². The Morgan fingerprint density at radius 3 is 2.14 bits per heavy atom. The van der Waals surface area contributed by atoms with Crippen LogP contribution in [0.1, 0.15) is 83.4 Å². The van der Waals surface area contributed by atoms with Crippen LogP contribution in [-0.2, 0) is 19.1 Å². The minimum atomic E-state index is -1.36. The summed E-state index contributed by atoms with van der Waals surface area (Å²) in [6.07, 6.45) is 8.64. The molecule has 0 heterocycles. The highest BCUT2D eigenvalue weighted by atomic mass is 16.6. The minimum Gasteiger partial charge on any atom is -0.497 e. The van der Waals surface area contributed by atoms with Gasteiger partial charge in [-0.05, 0) is 69.2 Å². The molecule has 0 aliphatic carbocycles. The molecule has 2 aromatic carbocycles. The Hall–Kier alpha value is -4.52. The van der Waals surface area contributed by atoms with Crippen molar-refractivity contribution in [1.82, 2.24) is 10.2 Å². The number of benzene rings is 2. The van der Waals surface area contributed by atoms with Crippen molar-refractivity contribution in [3.05, 3.63) is 59.7 Å². The fourth-order valence-electron chi connectivity index (χ4n) is 4.42. The van der Waals surface area contributed by atoms with Gasteiger partial charge >= 0.3 is 6.09 Å². The zero-order valence-corrected chi connectivity index (χ0v) is 25.8. The van der Waals surface area contributed by atoms with Gasteiger partial charge in [0.1, 0.15) is 23.4 Å². The number of nitrogens with one attached hydrogen (secondary N) is 2. The largest absolute Gasteiger partial charge is 0.497 e. The molecule has 2 aromatic rings. The quantitative estimate of drug-likeness (QED) is 0.198. The lowest BCUT2D eigenvalue weighted by molar-refractivity contribution is -0.142. The summed E-state index contributed by atoms with van der Waals surface area (Å²) in [5.41, 5.74) is 6.24. The fraction of sp³-hybridized carbons (Fsp3) is 0.455. The molecule has 0 spiro atoms. The van der Waals surface area contributed by atoms with Gasteiger partial charge in [0, 0.05) is 17.8 Å². The summed E-state index contributed by atoms with van der Waals surface area (Å²) >= 11 is 0. The van der Waals surface area contributed by atoms with Crippen LogP contribution in [0.5, 0.6) is 5.75 Å². The monoisotopic (exact) mass is 592 g/mol. The Morgan fingerprint density at radius 2 is 1.60 bits per heavy atom. The van der Waals surface area contributed by atoms with Gasteiger partial charge in [-0.15, -0.1) is 6.42 Å². The number of nitrogens with two attached hydrogens (primary N) is 1. The van der Waals surface area contributed by atoms with Gasteiger partial charge < -0.3 is 30.7 Å². The lowest BCUT2D eigenvalue weighted by Crippen LogP contribution is -2.53. The first-order valence-corrected chi connectivity index (χ1v) is 14.5. The number of carbonyl (C=O) groups excluding carboxylic acids is 4. The molecular weight excluding hydrogens is 548 g/mol. The highest BCUT2D eigenvalue weighted by molar-refractivity contribution is 5.99. The highest BCUT2D eigenvalue weighted by Crippen LogP contribution is 2.27. The number of ether oxygens (including phenoxy) is 2. The van der Waals surface area contributed by atoms with Gasteiger partial charge in [-0.25, -0.2) is 4.79 Å². The number of carbonyl (C=O) groups is 4. The molecule has 0 fully saturated rings. The summed E-state index contributed by atoms with van der Waals surface area (Å²) in [7, 11) is 1.54. The number of primary amides is 1. The Labute approximate surface area is 254 Å². The molecule has 4 N–H and O–H groups in total. The second-order valence-corrected chi connectivity index (χ2v) is 11.2. The second kappa shape index (κ2) is 16.8. The maximum atomic E-state index is 14.2. The van der Waals surface area contributed by atoms with Crippen molar-refractivity contribution in [3.63, 3.8) is 0 Å². The van der Waals surface area contributed by atoms with E-state index in [0.29, 0.717) is 29.0 Å². The van der Waals surface area contributed by atoms with Crippen LogP contribution in [0, 0.1) is 12.3 Å². The summed E-state index contributed by atoms with van der Waals surface area (Å²) in [6.45, 7) is 7.33. The van der Waals surface area contributed by atoms with E-state index < -0.39 is 47.9 Å². The number of methoxy groups -OCH3 is 1. The predicted molar refractivity (Wildman–Crippen MR) is 166 cm³/mol. The third-order valence-electron chi connectivity index (χ3n) is 6.49. The average molecular weight is 593 g/mol. The van der Waals surface area contributed by atoms with E-state index in [4.69, 9.17) is 21.6 Å². The maximum Gasteiger partial charge on any atom is 0.408 e. The van der Waals surface area contributed by atoms with Crippen LogP contribution in [0.3, 0.4) is 0 Å². The van der Waals surface area contributed by atoms with Crippen molar-refractivity contribution >= 4 is 29.5 Å². The van der Waals surface area contributed by atoms with Gasteiger partial charge in [0.25, 0.3) is 5.91 Å². The Morgan fingerprint density at radius 1 is 0.977 bits per heavy atom. The van der Waals surface area contributed by atoms with Gasteiger partial charge in [-0.1, -0.05) is 50.7 Å². The molecule has 0 aromatic heterocycles. The van der Waals surface area contributed by atoms with Crippen LogP contribution in [-0.4, -0.2) is 54.0 Å². The number of terminal acetylenes is 1. The van der Waals surface area contributed by atoms with E-state index in [9.17, 15) is 19.2 Å². The van der Waals surface area contributed by atoms with Crippen molar-refractivity contribution in [2.45, 2.75) is 83.9 Å². The number of unbranched alkanes of at least 4 members (excludes halogenated alkanes) is 4. The number of anilines is 1. The second-order valence-electron chi connectivity index (χ2n) is 11.2. The van der Waals surface area contributed by atoms with E-state index in [1.807, 2.05) is 0 Å². The predicted octanol–water partition coefficient (Wildman–Crippen LogP) is 4.92. The molecule has 0 bridgehead atoms. The zero-order valence-electron chi connectivity index (χ0n) is 25.8. The molecule has 4 amide bonds. The first-order valence-electron chi connectivity index (χ1n) is 14.5. The molecule has 43 heavy (non-hydrogen) atoms. The zero-order chi connectivity index (χ0) is 32.0. The smallest absolute Gasteiger partial charge is 0.408 e. The molecule has 0 saturated carbocycles. The number of amides is 4. The standard InChI is InChI=1S/C33H44N4O6/c1-7-9-10-11-12-21-37(31(40)27(22-28(34)38)36-32(41)43-33(3,4)5)29(24-15-13-23(8-2)14-16-24)30(39)35-25-17-19-26(42-6)20-18-25/h2,13-20,27,29H,7,9-12,21-22H2,1,3-6H3,(H2,34,38)(H,35,39)(H,36,41). The first-order chi connectivity index (χ1) is 20.4. The normalized spacial score (nSPS) is 12.3. The number of hydrogen-bond donors (Lipinski definition) is 3. The van der Waals surface area contributed by atoms with E-state index in [-0.39, 0.29) is 6.54 Å². The van der Waals surface area contributed by atoms with E-state index in [1.54, 1.807) is 76.4 Å². The summed E-state index contributed by atoms with van der Waals surface area (Å²) < 4.78 is 10.6.